The van der Waals surface area contributed by atoms with Gasteiger partial charge >= 0.3 is 5.97 Å². The largest absolute Gasteiger partial charge is 0.489 e. The van der Waals surface area contributed by atoms with E-state index in [1.54, 1.807) is 36.4 Å². The van der Waals surface area contributed by atoms with E-state index in [1.807, 2.05) is 0 Å². The van der Waals surface area contributed by atoms with Crippen molar-refractivity contribution in [2.24, 2.45) is 0 Å². The Kier molecular flexibility index (Phi) is 5.68. The Morgan fingerprint density at radius 3 is 2.62 bits per heavy atom. The lowest BCUT2D eigenvalue weighted by Gasteiger charge is -2.08. The van der Waals surface area contributed by atoms with Gasteiger partial charge in [0.05, 0.1) is 0 Å². The average molecular weight is 329 g/mol. The topological polar surface area (TPSA) is 75.6 Å². The molecule has 0 fully saturated rings. The number of ether oxygens (including phenoxy) is 1. The summed E-state index contributed by atoms with van der Waals surface area (Å²) in [7, 11) is 0. The molecule has 24 heavy (non-hydrogen) atoms. The quantitative estimate of drug-likeness (QED) is 0.799. The van der Waals surface area contributed by atoms with E-state index in [0.717, 1.165) is 0 Å². The number of benzene rings is 2. The lowest BCUT2D eigenvalue weighted by Crippen LogP contribution is -2.24. The molecule has 0 spiro atoms. The van der Waals surface area contributed by atoms with Crippen LogP contribution in [0, 0.1) is 5.82 Å². The van der Waals surface area contributed by atoms with Gasteiger partial charge in [-0.1, -0.05) is 24.3 Å². The highest BCUT2D eigenvalue weighted by atomic mass is 19.1. The van der Waals surface area contributed by atoms with Crippen molar-refractivity contribution in [2.75, 3.05) is 0 Å². The van der Waals surface area contributed by atoms with Crippen LogP contribution in [-0.4, -0.2) is 17.0 Å². The van der Waals surface area contributed by atoms with Gasteiger partial charge in [-0.25, -0.2) is 9.18 Å². The van der Waals surface area contributed by atoms with Crippen LogP contribution < -0.4 is 10.1 Å². The fraction of sp³-hybridized carbons (Fsp3) is 0.111. The molecule has 0 saturated carbocycles. The van der Waals surface area contributed by atoms with Gasteiger partial charge in [-0.05, 0) is 41.5 Å². The minimum Gasteiger partial charge on any atom is -0.489 e. The number of hydrogen-bond acceptors (Lipinski definition) is 3. The van der Waals surface area contributed by atoms with Gasteiger partial charge in [0.1, 0.15) is 23.9 Å². The molecule has 2 aromatic rings. The van der Waals surface area contributed by atoms with Crippen LogP contribution in [0.2, 0.25) is 0 Å². The zero-order chi connectivity index (χ0) is 17.5. The van der Waals surface area contributed by atoms with Crippen LogP contribution in [0.5, 0.6) is 5.75 Å². The maximum absolute atomic E-state index is 13.1. The van der Waals surface area contributed by atoms with Crippen LogP contribution in [-0.2, 0) is 16.2 Å². The van der Waals surface area contributed by atoms with E-state index in [4.69, 9.17) is 9.84 Å². The van der Waals surface area contributed by atoms with Gasteiger partial charge in [-0.15, -0.1) is 0 Å². The van der Waals surface area contributed by atoms with Gasteiger partial charge in [-0.2, -0.15) is 0 Å². The smallest absolute Gasteiger partial charge is 0.352 e. The number of aliphatic carboxylic acids is 1. The van der Waals surface area contributed by atoms with Gasteiger partial charge in [0.2, 0.25) is 5.91 Å². The van der Waals surface area contributed by atoms with Crippen LogP contribution in [0.4, 0.5) is 4.39 Å². The molecule has 124 valence electrons. The van der Waals surface area contributed by atoms with Crippen molar-refractivity contribution >= 4 is 18.0 Å². The molecule has 0 saturated heterocycles. The molecule has 5 nitrogen and oxygen atoms in total. The van der Waals surface area contributed by atoms with Crippen LogP contribution in [0.1, 0.15) is 18.1 Å². The molecule has 2 aromatic carbocycles. The van der Waals surface area contributed by atoms with Crippen molar-refractivity contribution in [3.63, 3.8) is 0 Å². The third-order valence-corrected chi connectivity index (χ3v) is 3.00. The lowest BCUT2D eigenvalue weighted by atomic mass is 10.1. The molecular weight excluding hydrogens is 313 g/mol. The number of carbonyl (C=O) groups excluding carboxylic acids is 1. The number of halogens is 1. The van der Waals surface area contributed by atoms with E-state index >= 15 is 0 Å². The predicted octanol–water partition coefficient (Wildman–Crippen LogP) is 2.97. The van der Waals surface area contributed by atoms with E-state index in [0.29, 0.717) is 16.9 Å². The molecule has 0 aliphatic carbocycles. The van der Waals surface area contributed by atoms with Crippen molar-refractivity contribution in [2.45, 2.75) is 13.5 Å². The van der Waals surface area contributed by atoms with Crippen LogP contribution in [0.15, 0.2) is 54.2 Å². The zero-order valence-corrected chi connectivity index (χ0v) is 13.0. The van der Waals surface area contributed by atoms with E-state index in [2.05, 4.69) is 5.32 Å². The molecule has 0 aliphatic heterocycles. The summed E-state index contributed by atoms with van der Waals surface area (Å²) >= 11 is 0. The zero-order valence-electron chi connectivity index (χ0n) is 13.0. The van der Waals surface area contributed by atoms with Gasteiger partial charge < -0.3 is 15.2 Å². The highest BCUT2D eigenvalue weighted by Crippen LogP contribution is 2.17. The minimum absolute atomic E-state index is 0.183. The molecule has 0 aromatic heterocycles. The highest BCUT2D eigenvalue weighted by Gasteiger charge is 2.09. The van der Waals surface area contributed by atoms with Crippen molar-refractivity contribution in [1.29, 1.82) is 0 Å². The molecule has 2 rings (SSSR count). The molecule has 0 atom stereocenters. The number of carbonyl (C=O) groups is 2. The Morgan fingerprint density at radius 1 is 1.21 bits per heavy atom. The van der Waals surface area contributed by atoms with E-state index in [1.165, 1.54) is 25.1 Å². The maximum Gasteiger partial charge on any atom is 0.352 e. The van der Waals surface area contributed by atoms with Crippen LogP contribution in [0.25, 0.3) is 6.08 Å². The number of amides is 1. The molecule has 1 amide bonds. The molecule has 0 aliphatic rings. The van der Waals surface area contributed by atoms with Crippen molar-refractivity contribution in [3.05, 3.63) is 71.2 Å². The second kappa shape index (κ2) is 7.92. The summed E-state index contributed by atoms with van der Waals surface area (Å²) in [6.45, 7) is 1.41. The molecule has 0 unspecified atom stereocenters. The monoisotopic (exact) mass is 329 g/mol. The molecular formula is C18H16FNO4. The second-order valence-electron chi connectivity index (χ2n) is 5.04. The minimum atomic E-state index is -1.24. The Balaban J connectivity index is 2.13. The fourth-order valence-corrected chi connectivity index (χ4v) is 2.00. The average Bonchev–Trinajstić information content (AvgIpc) is 2.52. The first-order valence-electron chi connectivity index (χ1n) is 7.14. The SMILES string of the molecule is CC(=O)NC(=Cc1cccc(OCc2cccc(F)c2)c1)C(=O)O. The molecule has 2 N–H and O–H groups in total. The number of carboxylic acids is 1. The van der Waals surface area contributed by atoms with E-state index < -0.39 is 11.9 Å². The van der Waals surface area contributed by atoms with Gasteiger partial charge in [0.15, 0.2) is 0 Å². The summed E-state index contributed by atoms with van der Waals surface area (Å²) in [5.41, 5.74) is 1.00. The van der Waals surface area contributed by atoms with E-state index in [-0.39, 0.29) is 18.1 Å². The third kappa shape index (κ3) is 5.24. The van der Waals surface area contributed by atoms with Gasteiger partial charge in [0.25, 0.3) is 0 Å². The van der Waals surface area contributed by atoms with Crippen LogP contribution in [0.3, 0.4) is 0 Å². The number of carboxylic acid groups (broad SMARTS) is 1. The summed E-state index contributed by atoms with van der Waals surface area (Å²) in [6, 6.07) is 12.8. The van der Waals surface area contributed by atoms with Crippen LogP contribution >= 0.6 is 0 Å². The Hall–Kier alpha value is -3.15. The first-order valence-corrected chi connectivity index (χ1v) is 7.14. The summed E-state index contributed by atoms with van der Waals surface area (Å²) in [5.74, 6) is -1.55. The first-order chi connectivity index (χ1) is 11.4. The standard InChI is InChI=1S/C18H16FNO4/c1-12(21)20-17(18(22)23)10-13-4-3-7-16(9-13)24-11-14-5-2-6-15(19)8-14/h2-10H,11H2,1H3,(H,20,21)(H,22,23). The Labute approximate surface area is 138 Å². The van der Waals surface area contributed by atoms with E-state index in [9.17, 15) is 14.0 Å². The Morgan fingerprint density at radius 2 is 1.96 bits per heavy atom. The molecule has 0 radical (unpaired) electrons. The highest BCUT2D eigenvalue weighted by molar-refractivity contribution is 5.96. The summed E-state index contributed by atoms with van der Waals surface area (Å²) in [5, 5.41) is 11.3. The number of rotatable bonds is 6. The number of nitrogens with one attached hydrogen (secondary N) is 1. The normalized spacial score (nSPS) is 11.0. The van der Waals surface area contributed by atoms with Crippen molar-refractivity contribution in [3.8, 4) is 5.75 Å². The summed E-state index contributed by atoms with van der Waals surface area (Å²) < 4.78 is 18.7. The van der Waals surface area contributed by atoms with Crippen molar-refractivity contribution < 1.29 is 23.8 Å². The lowest BCUT2D eigenvalue weighted by molar-refractivity contribution is -0.134. The molecule has 0 heterocycles. The number of hydrogen-bond donors (Lipinski definition) is 2. The third-order valence-electron chi connectivity index (χ3n) is 3.00. The van der Waals surface area contributed by atoms with Crippen molar-refractivity contribution in [1.82, 2.24) is 5.32 Å². The molecule has 6 heteroatoms. The summed E-state index contributed by atoms with van der Waals surface area (Å²) in [6.07, 6.45) is 1.33. The van der Waals surface area contributed by atoms with Gasteiger partial charge in [-0.3, -0.25) is 4.79 Å². The maximum atomic E-state index is 13.1. The van der Waals surface area contributed by atoms with Gasteiger partial charge in [0, 0.05) is 6.92 Å². The fourth-order valence-electron chi connectivity index (χ4n) is 2.00. The predicted molar refractivity (Wildman–Crippen MR) is 86.6 cm³/mol. The summed E-state index contributed by atoms with van der Waals surface area (Å²) in [4.78, 5) is 22.1. The molecule has 0 bridgehead atoms. The first kappa shape index (κ1) is 17.2. The Bertz CT molecular complexity index is 786. The second-order valence-corrected chi connectivity index (χ2v) is 5.04.